The van der Waals surface area contributed by atoms with E-state index in [9.17, 15) is 39.5 Å². The van der Waals surface area contributed by atoms with Gasteiger partial charge in [-0.2, -0.15) is 39.5 Å². The van der Waals surface area contributed by atoms with Gasteiger partial charge in [0.2, 0.25) is 0 Å². The van der Waals surface area contributed by atoms with Gasteiger partial charge in [-0.1, -0.05) is 138 Å². The van der Waals surface area contributed by atoms with E-state index in [0.29, 0.717) is 28.2 Å². The SMILES string of the molecule is CC(C)(C)c1ccc([I+]c2ccc(C(C)(C)C)cc2)cc1.COc1ccc([S+](c2ccc(OC)cc2)c2ccc(OC)cc2)cc1.Cc1cc([S+](c2cc(C(F)(F)F)cc(C(F)(F)F)c2)c2c(C)cc(C)cc2C)cc(C(F)(F)F)c1.c1ccc([S+](c2ccccc2)c2ccccc2)cc1. The van der Waals surface area contributed by atoms with Gasteiger partial charge >= 0.3 is 39.7 Å². The Morgan fingerprint density at radius 2 is 0.540 bits per heavy atom. The molecule has 0 bridgehead atoms. The highest BCUT2D eigenvalue weighted by molar-refractivity contribution is 7.97. The van der Waals surface area contributed by atoms with Crippen LogP contribution in [0.4, 0.5) is 39.5 Å². The molecule has 0 aliphatic carbocycles. The highest BCUT2D eigenvalue weighted by Crippen LogP contribution is 2.44. The Morgan fingerprint density at radius 3 is 0.820 bits per heavy atom. The fraction of sp³-hybridized carbons (Fsp3) is 0.214. The summed E-state index contributed by atoms with van der Waals surface area (Å²) in [6.07, 6.45) is -14.9. The molecule has 0 spiro atoms. The van der Waals surface area contributed by atoms with E-state index in [0.717, 1.165) is 34.9 Å². The van der Waals surface area contributed by atoms with E-state index in [4.69, 9.17) is 14.2 Å². The lowest BCUT2D eigenvalue weighted by atomic mass is 9.87. The Morgan fingerprint density at radius 1 is 0.270 bits per heavy atom. The lowest BCUT2D eigenvalue weighted by Crippen LogP contribution is -3.61. The van der Waals surface area contributed by atoms with Crippen LogP contribution in [0.15, 0.2) is 305 Å². The average molecular weight is 1530 g/mol. The Bertz CT molecular complexity index is 4070. The van der Waals surface area contributed by atoms with Gasteiger partial charge in [0.15, 0.2) is 51.2 Å². The number of hydrogen-bond donors (Lipinski definition) is 0. The molecule has 0 aliphatic rings. The summed E-state index contributed by atoms with van der Waals surface area (Å²) in [4.78, 5) is 7.76. The molecule has 100 heavy (non-hydrogen) atoms. The third kappa shape index (κ3) is 21.5. The van der Waals surface area contributed by atoms with E-state index in [2.05, 4.69) is 217 Å². The van der Waals surface area contributed by atoms with Crippen LogP contribution in [0.3, 0.4) is 0 Å². The van der Waals surface area contributed by atoms with Crippen molar-refractivity contribution in [1.29, 1.82) is 0 Å². The second-order valence-corrected chi connectivity index (χ2v) is 34.5. The summed E-state index contributed by atoms with van der Waals surface area (Å²) in [5.74, 6) is 2.57. The number of halogens is 10. The number of ether oxygens (including phenoxy) is 3. The van der Waals surface area contributed by atoms with E-state index in [1.807, 2.05) is 36.4 Å². The van der Waals surface area contributed by atoms with Crippen molar-refractivity contribution in [3.8, 4) is 17.2 Å². The van der Waals surface area contributed by atoms with Crippen molar-refractivity contribution in [3.05, 3.63) is 318 Å². The molecule has 16 heteroatoms. The first-order valence-corrected chi connectivity index (χ1v) is 37.8. The molecule has 0 N–H and O–H groups in total. The molecular weight excluding hydrogens is 1450 g/mol. The normalized spacial score (nSPS) is 12.1. The third-order valence-electron chi connectivity index (χ3n) is 15.7. The first-order valence-electron chi connectivity index (χ1n) is 32.0. The lowest BCUT2D eigenvalue weighted by Gasteiger charge is -2.18. The molecule has 11 rings (SSSR count). The summed E-state index contributed by atoms with van der Waals surface area (Å²) in [5.41, 5.74) is 1.31. The predicted molar refractivity (Wildman–Crippen MR) is 386 cm³/mol. The maximum Gasteiger partial charge on any atom is 0.416 e. The van der Waals surface area contributed by atoms with Crippen molar-refractivity contribution in [2.24, 2.45) is 0 Å². The number of aryl methyl sites for hydroxylation is 4. The van der Waals surface area contributed by atoms with Gasteiger partial charge < -0.3 is 14.2 Å². The number of alkyl halides is 9. The summed E-state index contributed by atoms with van der Waals surface area (Å²) in [6.45, 7) is 20.0. The molecule has 0 amide bonds. The van der Waals surface area contributed by atoms with Gasteiger partial charge in [-0.3, -0.25) is 0 Å². The second-order valence-electron chi connectivity index (χ2n) is 25.5. The summed E-state index contributed by atoms with van der Waals surface area (Å²) in [6, 6.07) is 82.9. The molecule has 0 aliphatic heterocycles. The zero-order valence-electron chi connectivity index (χ0n) is 58.1. The van der Waals surface area contributed by atoms with Crippen molar-refractivity contribution < 1.29 is 74.9 Å². The highest BCUT2D eigenvalue weighted by atomic mass is 127. The molecule has 11 aromatic carbocycles. The molecule has 0 saturated carbocycles. The number of hydrogen-bond acceptors (Lipinski definition) is 3. The monoisotopic (exact) mass is 1530 g/mol. The van der Waals surface area contributed by atoms with Crippen molar-refractivity contribution in [3.63, 3.8) is 0 Å². The van der Waals surface area contributed by atoms with Crippen LogP contribution in [-0.2, 0) is 62.0 Å². The van der Waals surface area contributed by atoms with E-state index < -0.39 is 46.1 Å². The van der Waals surface area contributed by atoms with E-state index in [1.54, 1.807) is 54.2 Å². The van der Waals surface area contributed by atoms with Gasteiger partial charge in [0, 0.05) is 29.3 Å². The van der Waals surface area contributed by atoms with Gasteiger partial charge in [0.1, 0.15) is 17.2 Å². The Balaban J connectivity index is 0.000000174. The maximum absolute atomic E-state index is 13.6. The van der Waals surface area contributed by atoms with Crippen molar-refractivity contribution in [2.75, 3.05) is 21.3 Å². The molecule has 0 fully saturated rings. The second kappa shape index (κ2) is 34.1. The van der Waals surface area contributed by atoms with Crippen LogP contribution in [0.5, 0.6) is 17.2 Å². The molecular formula is C84H82F9IO3S3+4. The standard InChI is InChI=1S/C25H20F9S.C21H21O3S.C20H26I.C18H15S/c1-13-5-15(3)22(16(4)6-13)35(20-8-14(2)7-17(10-20)23(26,27)28)21-11-18(24(29,30)31)9-19(12-21)25(32,33)34;1-22-16-4-10-19(11-5-16)25(20-12-6-17(23-2)7-13-20)21-14-8-18(24-3)9-15-21;1-19(2,3)15-7-11-17(12-8-15)21-18-13-9-16(10-14-18)20(4,5)6;1-4-10-16(11-5-1)19(17-12-6-2-7-13-17)18-14-8-3-9-15-18/h5-12H,1-4H3;4-15H,1-3H3;7-14H,1-6H3;1-15H/q4*+1. The van der Waals surface area contributed by atoms with Gasteiger partial charge in [-0.05, 0) is 207 Å². The fourth-order valence-corrected chi connectivity index (χ4v) is 19.6. The summed E-state index contributed by atoms with van der Waals surface area (Å²) >= 11 is -0.0703. The summed E-state index contributed by atoms with van der Waals surface area (Å²) < 4.78 is 141. The van der Waals surface area contributed by atoms with Crippen molar-refractivity contribution in [1.82, 2.24) is 0 Å². The van der Waals surface area contributed by atoms with Gasteiger partial charge in [-0.25, -0.2) is 0 Å². The molecule has 0 aromatic heterocycles. The molecule has 0 radical (unpaired) electrons. The van der Waals surface area contributed by atoms with Crippen LogP contribution in [0.2, 0.25) is 0 Å². The predicted octanol–water partition coefficient (Wildman–Crippen LogP) is 21.1. The summed E-state index contributed by atoms with van der Waals surface area (Å²) in [5, 5.41) is 0. The van der Waals surface area contributed by atoms with Crippen LogP contribution in [-0.4, -0.2) is 21.3 Å². The average Bonchev–Trinajstić information content (AvgIpc) is 0.760. The van der Waals surface area contributed by atoms with Crippen LogP contribution in [0.25, 0.3) is 0 Å². The van der Waals surface area contributed by atoms with Gasteiger partial charge in [-0.15, -0.1) is 0 Å². The highest BCUT2D eigenvalue weighted by Gasteiger charge is 2.43. The van der Waals surface area contributed by atoms with Gasteiger partial charge in [0.05, 0.1) is 70.7 Å². The first kappa shape index (κ1) is 77.7. The first-order chi connectivity index (χ1) is 47.2. The minimum Gasteiger partial charge on any atom is -0.497 e. The van der Waals surface area contributed by atoms with E-state index >= 15 is 0 Å². The van der Waals surface area contributed by atoms with Crippen LogP contribution in [0, 0.1) is 34.8 Å². The van der Waals surface area contributed by atoms with Crippen molar-refractivity contribution in [2.45, 2.75) is 143 Å². The van der Waals surface area contributed by atoms with Crippen LogP contribution >= 0.6 is 0 Å². The zero-order valence-corrected chi connectivity index (χ0v) is 62.7. The largest absolute Gasteiger partial charge is 0.497 e. The Labute approximate surface area is 602 Å². The van der Waals surface area contributed by atoms with E-state index in [-0.39, 0.29) is 75.2 Å². The zero-order chi connectivity index (χ0) is 72.7. The molecule has 0 saturated heterocycles. The molecule has 520 valence electrons. The molecule has 3 nitrogen and oxygen atoms in total. The third-order valence-corrected chi connectivity index (χ3v) is 25.3. The number of benzene rings is 11. The van der Waals surface area contributed by atoms with Crippen LogP contribution in [0.1, 0.15) is 91.6 Å². The minimum absolute atomic E-state index is 0.0112. The molecule has 1 unspecified atom stereocenters. The fourth-order valence-electron chi connectivity index (χ4n) is 10.7. The van der Waals surface area contributed by atoms with E-state index in [1.165, 1.54) is 60.6 Å². The summed E-state index contributed by atoms with van der Waals surface area (Å²) in [7, 11) is 3.13. The van der Waals surface area contributed by atoms with Crippen molar-refractivity contribution >= 4 is 32.7 Å². The Hall–Kier alpha value is -8.03. The lowest BCUT2D eigenvalue weighted by molar-refractivity contribution is -0.597. The minimum atomic E-state index is -5.09. The molecule has 11 aromatic rings. The topological polar surface area (TPSA) is 27.7 Å². The van der Waals surface area contributed by atoms with Crippen LogP contribution < -0.4 is 35.4 Å². The quantitative estimate of drug-likeness (QED) is 0.0617. The number of methoxy groups -OCH3 is 3. The van der Waals surface area contributed by atoms with Gasteiger partial charge in [0.25, 0.3) is 0 Å². The molecule has 0 heterocycles. The smallest absolute Gasteiger partial charge is 0.416 e. The number of rotatable bonds is 14. The molecule has 1 atom stereocenters. The Kier molecular flexibility index (Phi) is 26.5. The maximum atomic E-state index is 13.6.